The molecule has 2 aromatic carbocycles. The van der Waals surface area contributed by atoms with Crippen LogP contribution in [-0.4, -0.2) is 45.4 Å². The fraction of sp³-hybridized carbons (Fsp3) is 0.409. The molecular weight excluding hydrogens is 511 g/mol. The van der Waals surface area contributed by atoms with Gasteiger partial charge in [-0.15, -0.1) is 24.0 Å². The van der Waals surface area contributed by atoms with Crippen LogP contribution in [0.15, 0.2) is 64.5 Å². The summed E-state index contributed by atoms with van der Waals surface area (Å²) >= 11 is 0. The van der Waals surface area contributed by atoms with Crippen LogP contribution in [0.25, 0.3) is 0 Å². The number of benzene rings is 2. The van der Waals surface area contributed by atoms with Crippen LogP contribution in [0.5, 0.6) is 0 Å². The molecule has 2 aromatic rings. The van der Waals surface area contributed by atoms with Gasteiger partial charge in [-0.25, -0.2) is 8.42 Å². The summed E-state index contributed by atoms with van der Waals surface area (Å²) in [6, 6.07) is 17.5. The molecule has 0 unspecified atom stereocenters. The molecule has 1 aliphatic rings. The molecule has 1 aliphatic heterocycles. The SMILES string of the molecule is CN=C(NCCc1ccccc1)NCc1ccccc1S(=O)(=O)N1CCCCC1.I. The minimum absolute atomic E-state index is 0. The van der Waals surface area contributed by atoms with Crippen molar-refractivity contribution in [3.8, 4) is 0 Å². The Kier molecular flexibility index (Phi) is 10.1. The average Bonchev–Trinajstić information content (AvgIpc) is 2.77. The van der Waals surface area contributed by atoms with Gasteiger partial charge in [0.15, 0.2) is 5.96 Å². The lowest BCUT2D eigenvalue weighted by Gasteiger charge is -2.27. The number of hydrogen-bond acceptors (Lipinski definition) is 3. The third-order valence-corrected chi connectivity index (χ3v) is 7.12. The first-order chi connectivity index (χ1) is 14.1. The minimum atomic E-state index is -3.47. The summed E-state index contributed by atoms with van der Waals surface area (Å²) < 4.78 is 27.8. The zero-order valence-electron chi connectivity index (χ0n) is 17.4. The number of guanidine groups is 1. The van der Waals surface area contributed by atoms with Crippen LogP contribution >= 0.6 is 24.0 Å². The van der Waals surface area contributed by atoms with E-state index in [-0.39, 0.29) is 24.0 Å². The summed E-state index contributed by atoms with van der Waals surface area (Å²) in [7, 11) is -1.75. The van der Waals surface area contributed by atoms with Crippen LogP contribution in [-0.2, 0) is 23.0 Å². The molecular formula is C22H31IN4O2S. The highest BCUT2D eigenvalue weighted by atomic mass is 127. The van der Waals surface area contributed by atoms with E-state index >= 15 is 0 Å². The molecule has 164 valence electrons. The number of nitrogens with zero attached hydrogens (tertiary/aromatic N) is 2. The van der Waals surface area contributed by atoms with Crippen molar-refractivity contribution < 1.29 is 8.42 Å². The van der Waals surface area contributed by atoms with E-state index in [4.69, 9.17) is 0 Å². The van der Waals surface area contributed by atoms with Crippen molar-refractivity contribution in [3.05, 3.63) is 65.7 Å². The van der Waals surface area contributed by atoms with E-state index in [0.717, 1.165) is 37.8 Å². The minimum Gasteiger partial charge on any atom is -0.356 e. The van der Waals surface area contributed by atoms with Gasteiger partial charge in [-0.2, -0.15) is 4.31 Å². The molecule has 1 fully saturated rings. The highest BCUT2D eigenvalue weighted by molar-refractivity contribution is 14.0. The molecule has 3 rings (SSSR count). The molecule has 30 heavy (non-hydrogen) atoms. The van der Waals surface area contributed by atoms with Gasteiger partial charge in [-0.3, -0.25) is 4.99 Å². The zero-order chi connectivity index (χ0) is 20.5. The standard InChI is InChI=1S/C22H30N4O2S.HI/c1-23-22(24-15-14-19-10-4-2-5-11-19)25-18-20-12-6-7-13-21(20)29(27,28)26-16-8-3-9-17-26;/h2,4-7,10-13H,3,8-9,14-18H2,1H3,(H2,23,24,25);1H. The van der Waals surface area contributed by atoms with Crippen molar-refractivity contribution in [1.29, 1.82) is 0 Å². The van der Waals surface area contributed by atoms with E-state index in [2.05, 4.69) is 27.8 Å². The number of piperidine rings is 1. The summed E-state index contributed by atoms with van der Waals surface area (Å²) in [5, 5.41) is 6.53. The van der Waals surface area contributed by atoms with E-state index in [0.29, 0.717) is 30.5 Å². The van der Waals surface area contributed by atoms with Crippen LogP contribution in [0, 0.1) is 0 Å². The Balaban J connectivity index is 0.00000320. The lowest BCUT2D eigenvalue weighted by atomic mass is 10.1. The smallest absolute Gasteiger partial charge is 0.243 e. The molecule has 0 aliphatic carbocycles. The van der Waals surface area contributed by atoms with Gasteiger partial charge in [0.05, 0.1) is 4.90 Å². The summed E-state index contributed by atoms with van der Waals surface area (Å²) in [5.74, 6) is 0.658. The molecule has 0 radical (unpaired) electrons. The topological polar surface area (TPSA) is 73.8 Å². The maximum Gasteiger partial charge on any atom is 0.243 e. The van der Waals surface area contributed by atoms with Crippen LogP contribution in [0.1, 0.15) is 30.4 Å². The lowest BCUT2D eigenvalue weighted by molar-refractivity contribution is 0.346. The Hall–Kier alpha value is -1.65. The van der Waals surface area contributed by atoms with Crippen molar-refractivity contribution >= 4 is 40.0 Å². The van der Waals surface area contributed by atoms with Gasteiger partial charge in [-0.05, 0) is 36.5 Å². The fourth-order valence-corrected chi connectivity index (χ4v) is 5.25. The zero-order valence-corrected chi connectivity index (χ0v) is 20.5. The maximum absolute atomic E-state index is 13.1. The Morgan fingerprint density at radius 2 is 1.63 bits per heavy atom. The second kappa shape index (κ2) is 12.3. The second-order valence-electron chi connectivity index (χ2n) is 7.16. The number of halogens is 1. The lowest BCUT2D eigenvalue weighted by Crippen LogP contribution is -2.39. The quantitative estimate of drug-likeness (QED) is 0.320. The predicted octanol–water partition coefficient (Wildman–Crippen LogP) is 3.39. The van der Waals surface area contributed by atoms with Crippen LogP contribution in [0.4, 0.5) is 0 Å². The van der Waals surface area contributed by atoms with Gasteiger partial charge in [0.2, 0.25) is 10.0 Å². The number of hydrogen-bond donors (Lipinski definition) is 2. The van der Waals surface area contributed by atoms with E-state index in [1.807, 2.05) is 30.3 Å². The molecule has 0 amide bonds. The molecule has 0 spiro atoms. The molecule has 2 N–H and O–H groups in total. The van der Waals surface area contributed by atoms with E-state index in [9.17, 15) is 8.42 Å². The summed E-state index contributed by atoms with van der Waals surface area (Å²) in [6.07, 6.45) is 3.84. The van der Waals surface area contributed by atoms with Gasteiger partial charge in [-0.1, -0.05) is 55.0 Å². The van der Waals surface area contributed by atoms with Crippen molar-refractivity contribution in [3.63, 3.8) is 0 Å². The van der Waals surface area contributed by atoms with E-state index in [1.54, 1.807) is 23.5 Å². The van der Waals surface area contributed by atoms with Crippen molar-refractivity contribution in [2.45, 2.75) is 37.1 Å². The molecule has 0 aromatic heterocycles. The van der Waals surface area contributed by atoms with Gasteiger partial charge in [0.1, 0.15) is 0 Å². The molecule has 1 heterocycles. The monoisotopic (exact) mass is 542 g/mol. The van der Waals surface area contributed by atoms with Crippen molar-refractivity contribution in [1.82, 2.24) is 14.9 Å². The number of aliphatic imine (C=N–C) groups is 1. The normalized spacial score (nSPS) is 15.3. The predicted molar refractivity (Wildman–Crippen MR) is 133 cm³/mol. The summed E-state index contributed by atoms with van der Waals surface area (Å²) in [4.78, 5) is 4.63. The van der Waals surface area contributed by atoms with E-state index in [1.165, 1.54) is 5.56 Å². The largest absolute Gasteiger partial charge is 0.356 e. The van der Waals surface area contributed by atoms with Crippen LogP contribution in [0.2, 0.25) is 0 Å². The van der Waals surface area contributed by atoms with Crippen LogP contribution < -0.4 is 10.6 Å². The first-order valence-electron chi connectivity index (χ1n) is 10.2. The average molecular weight is 542 g/mol. The van der Waals surface area contributed by atoms with Gasteiger partial charge >= 0.3 is 0 Å². The number of rotatable bonds is 7. The summed E-state index contributed by atoms with van der Waals surface area (Å²) in [6.45, 7) is 2.35. The highest BCUT2D eigenvalue weighted by Crippen LogP contribution is 2.23. The first-order valence-corrected chi connectivity index (χ1v) is 11.6. The third-order valence-electron chi connectivity index (χ3n) is 5.12. The summed E-state index contributed by atoms with van der Waals surface area (Å²) in [5.41, 5.74) is 2.01. The fourth-order valence-electron chi connectivity index (χ4n) is 3.52. The van der Waals surface area contributed by atoms with E-state index < -0.39 is 10.0 Å². The number of nitrogens with one attached hydrogen (secondary N) is 2. The Bertz CT molecular complexity index is 914. The van der Waals surface area contributed by atoms with Crippen molar-refractivity contribution in [2.75, 3.05) is 26.7 Å². The van der Waals surface area contributed by atoms with Gasteiger partial charge in [0.25, 0.3) is 0 Å². The molecule has 0 bridgehead atoms. The Labute approximate surface area is 197 Å². The Morgan fingerprint density at radius 3 is 2.33 bits per heavy atom. The molecule has 0 atom stereocenters. The second-order valence-corrected chi connectivity index (χ2v) is 9.07. The first kappa shape index (κ1) is 24.6. The molecule has 6 nitrogen and oxygen atoms in total. The van der Waals surface area contributed by atoms with Gasteiger partial charge in [0, 0.05) is 33.2 Å². The van der Waals surface area contributed by atoms with Crippen molar-refractivity contribution in [2.24, 2.45) is 4.99 Å². The number of sulfonamides is 1. The molecule has 1 saturated heterocycles. The van der Waals surface area contributed by atoms with Crippen LogP contribution in [0.3, 0.4) is 0 Å². The van der Waals surface area contributed by atoms with Gasteiger partial charge < -0.3 is 10.6 Å². The Morgan fingerprint density at radius 1 is 0.967 bits per heavy atom. The maximum atomic E-state index is 13.1. The molecule has 0 saturated carbocycles. The molecule has 8 heteroatoms. The highest BCUT2D eigenvalue weighted by Gasteiger charge is 2.27. The third kappa shape index (κ3) is 6.68.